The Hall–Kier alpha value is -3.75. The molecular weight excluding hydrogens is 617 g/mol. The van der Waals surface area contributed by atoms with Crippen LogP contribution in [0, 0.1) is 0 Å². The van der Waals surface area contributed by atoms with Crippen molar-refractivity contribution in [3.63, 3.8) is 0 Å². The number of carbonyl (C=O) groups is 2. The first-order chi connectivity index (χ1) is 23.1. The van der Waals surface area contributed by atoms with Gasteiger partial charge >= 0.3 is 18.1 Å². The maximum absolute atomic E-state index is 13.6. The van der Waals surface area contributed by atoms with Crippen LogP contribution < -0.4 is 0 Å². The first-order valence-corrected chi connectivity index (χ1v) is 17.7. The van der Waals surface area contributed by atoms with Crippen LogP contribution in [0.15, 0.2) is 54.9 Å². The third kappa shape index (κ3) is 13.0. The predicted octanol–water partition coefficient (Wildman–Crippen LogP) is 11.4. The number of rotatable bonds is 22. The molecule has 262 valence electrons. The van der Waals surface area contributed by atoms with Crippen LogP contribution in [0.25, 0.3) is 22.5 Å². The number of halogens is 3. The lowest BCUT2D eigenvalue weighted by atomic mass is 9.96. The zero-order valence-corrected chi connectivity index (χ0v) is 28.5. The standard InChI is InChI=1S/C39H51F3N2O4/c1-3-5-7-9-11-12-13-14-16-18-29-27-43-36(44-28-29)32-24-25-33(37(45)46)34(26-32)30-20-22-31(23-21-30)38(47)48-35(39(40,41)42)19-17-15-10-8-6-4-2/h20-28,35H,3-19H2,1-2H3,(H,45,46). The molecule has 0 saturated carbocycles. The van der Waals surface area contributed by atoms with Crippen LogP contribution in [-0.2, 0) is 11.2 Å². The van der Waals surface area contributed by atoms with E-state index in [-0.39, 0.29) is 17.5 Å². The highest BCUT2D eigenvalue weighted by Crippen LogP contribution is 2.31. The average Bonchev–Trinajstić information content (AvgIpc) is 3.08. The fourth-order valence-electron chi connectivity index (χ4n) is 5.76. The molecule has 1 atom stereocenters. The minimum Gasteiger partial charge on any atom is -0.478 e. The molecule has 0 radical (unpaired) electrons. The van der Waals surface area contributed by atoms with Crippen molar-refractivity contribution in [2.75, 3.05) is 0 Å². The van der Waals surface area contributed by atoms with E-state index in [1.54, 1.807) is 24.5 Å². The molecule has 6 nitrogen and oxygen atoms in total. The second-order valence-electron chi connectivity index (χ2n) is 12.6. The molecule has 1 unspecified atom stereocenters. The van der Waals surface area contributed by atoms with E-state index in [1.165, 1.54) is 81.7 Å². The van der Waals surface area contributed by atoms with Crippen LogP contribution in [0.1, 0.15) is 143 Å². The number of hydrogen-bond donors (Lipinski definition) is 1. The van der Waals surface area contributed by atoms with E-state index >= 15 is 0 Å². The summed E-state index contributed by atoms with van der Waals surface area (Å²) in [5.74, 6) is -1.76. The smallest absolute Gasteiger partial charge is 0.425 e. The number of aryl methyl sites for hydroxylation is 1. The Kier molecular flexibility index (Phi) is 16.6. The van der Waals surface area contributed by atoms with Crippen molar-refractivity contribution in [1.29, 1.82) is 0 Å². The molecule has 0 aliphatic carbocycles. The minimum absolute atomic E-state index is 0.0344. The van der Waals surface area contributed by atoms with E-state index in [0.29, 0.717) is 35.4 Å². The van der Waals surface area contributed by atoms with Gasteiger partial charge in [0.2, 0.25) is 0 Å². The minimum atomic E-state index is -4.66. The van der Waals surface area contributed by atoms with Crippen LogP contribution in [0.3, 0.4) is 0 Å². The third-order valence-corrected chi connectivity index (χ3v) is 8.65. The molecule has 0 aliphatic heterocycles. The van der Waals surface area contributed by atoms with Crippen LogP contribution >= 0.6 is 0 Å². The monoisotopic (exact) mass is 668 g/mol. The highest BCUT2D eigenvalue weighted by Gasteiger charge is 2.42. The summed E-state index contributed by atoms with van der Waals surface area (Å²) in [5, 5.41) is 9.85. The fourth-order valence-corrected chi connectivity index (χ4v) is 5.76. The number of carbonyl (C=O) groups excluding carboxylic acids is 1. The molecule has 0 bridgehead atoms. The fraction of sp³-hybridized carbons (Fsp3) is 0.538. The normalized spacial score (nSPS) is 12.2. The van der Waals surface area contributed by atoms with Gasteiger partial charge in [0.1, 0.15) is 0 Å². The van der Waals surface area contributed by atoms with Gasteiger partial charge in [0.05, 0.1) is 11.1 Å². The van der Waals surface area contributed by atoms with Gasteiger partial charge in [0.25, 0.3) is 0 Å². The summed E-state index contributed by atoms with van der Waals surface area (Å²) >= 11 is 0. The highest BCUT2D eigenvalue weighted by atomic mass is 19.4. The number of alkyl halides is 3. The summed E-state index contributed by atoms with van der Waals surface area (Å²) < 4.78 is 45.8. The Morgan fingerprint density at radius 1 is 0.729 bits per heavy atom. The first kappa shape index (κ1) is 38.7. The van der Waals surface area contributed by atoms with Gasteiger partial charge in [-0.1, -0.05) is 116 Å². The summed E-state index contributed by atoms with van der Waals surface area (Å²) in [6.07, 6.45) is 13.6. The van der Waals surface area contributed by atoms with Crippen molar-refractivity contribution in [1.82, 2.24) is 9.97 Å². The number of aromatic carboxylic acids is 1. The predicted molar refractivity (Wildman–Crippen MR) is 184 cm³/mol. The molecule has 0 amide bonds. The highest BCUT2D eigenvalue weighted by molar-refractivity contribution is 5.97. The van der Waals surface area contributed by atoms with Gasteiger partial charge in [-0.2, -0.15) is 13.2 Å². The van der Waals surface area contributed by atoms with Crippen molar-refractivity contribution in [2.24, 2.45) is 0 Å². The number of benzene rings is 2. The van der Waals surface area contributed by atoms with Crippen molar-refractivity contribution in [2.45, 2.75) is 135 Å². The molecule has 0 fully saturated rings. The number of aromatic nitrogens is 2. The Morgan fingerprint density at radius 3 is 1.79 bits per heavy atom. The van der Waals surface area contributed by atoms with Gasteiger partial charge in [0.15, 0.2) is 11.9 Å². The van der Waals surface area contributed by atoms with Gasteiger partial charge in [-0.05, 0) is 66.6 Å². The number of carboxylic acids is 1. The lowest BCUT2D eigenvalue weighted by Gasteiger charge is -2.21. The molecular formula is C39H51F3N2O4. The Balaban J connectivity index is 1.63. The van der Waals surface area contributed by atoms with E-state index in [0.717, 1.165) is 44.1 Å². The Bertz CT molecular complexity index is 1390. The number of esters is 1. The van der Waals surface area contributed by atoms with Gasteiger partial charge in [-0.25, -0.2) is 19.6 Å². The lowest BCUT2D eigenvalue weighted by Crippen LogP contribution is -2.33. The van der Waals surface area contributed by atoms with Gasteiger partial charge in [-0.3, -0.25) is 0 Å². The topological polar surface area (TPSA) is 89.4 Å². The zero-order chi connectivity index (χ0) is 34.8. The summed E-state index contributed by atoms with van der Waals surface area (Å²) in [7, 11) is 0. The quantitative estimate of drug-likeness (QED) is 0.0846. The van der Waals surface area contributed by atoms with E-state index in [2.05, 4.69) is 23.8 Å². The molecule has 0 aliphatic rings. The van der Waals surface area contributed by atoms with E-state index in [4.69, 9.17) is 4.74 Å². The Morgan fingerprint density at radius 2 is 1.25 bits per heavy atom. The maximum Gasteiger partial charge on any atom is 0.425 e. The molecule has 1 heterocycles. The average molecular weight is 669 g/mol. The van der Waals surface area contributed by atoms with Crippen LogP contribution in [0.2, 0.25) is 0 Å². The second kappa shape index (κ2) is 20.6. The molecule has 0 spiro atoms. The summed E-state index contributed by atoms with van der Waals surface area (Å²) in [4.78, 5) is 33.8. The van der Waals surface area contributed by atoms with E-state index in [1.807, 2.05) is 0 Å². The Labute approximate surface area is 283 Å². The number of carboxylic acid groups (broad SMARTS) is 1. The van der Waals surface area contributed by atoms with Crippen molar-refractivity contribution >= 4 is 11.9 Å². The van der Waals surface area contributed by atoms with Gasteiger partial charge in [-0.15, -0.1) is 0 Å². The molecule has 1 N–H and O–H groups in total. The lowest BCUT2D eigenvalue weighted by molar-refractivity contribution is -0.206. The molecule has 3 aromatic rings. The van der Waals surface area contributed by atoms with Crippen molar-refractivity contribution in [3.05, 3.63) is 71.5 Å². The molecule has 48 heavy (non-hydrogen) atoms. The van der Waals surface area contributed by atoms with Gasteiger partial charge < -0.3 is 9.84 Å². The number of nitrogens with zero attached hydrogens (tertiary/aromatic N) is 2. The first-order valence-electron chi connectivity index (χ1n) is 17.7. The van der Waals surface area contributed by atoms with Gasteiger partial charge in [0, 0.05) is 18.0 Å². The van der Waals surface area contributed by atoms with Crippen molar-refractivity contribution in [3.8, 4) is 22.5 Å². The SMILES string of the molecule is CCCCCCCCCCCc1cnc(-c2ccc(C(=O)O)c(-c3ccc(C(=O)OC(CCCCCCCC)C(F)(F)F)cc3)c2)nc1. The third-order valence-electron chi connectivity index (χ3n) is 8.65. The molecule has 3 rings (SSSR count). The summed E-state index contributed by atoms with van der Waals surface area (Å²) in [6.45, 7) is 4.30. The van der Waals surface area contributed by atoms with E-state index in [9.17, 15) is 27.9 Å². The van der Waals surface area contributed by atoms with Crippen molar-refractivity contribution < 1.29 is 32.6 Å². The molecule has 0 saturated heterocycles. The number of ether oxygens (including phenoxy) is 1. The molecule has 2 aromatic carbocycles. The summed E-state index contributed by atoms with van der Waals surface area (Å²) in [5.41, 5.74) is 2.51. The number of hydrogen-bond acceptors (Lipinski definition) is 5. The van der Waals surface area contributed by atoms with Crippen LogP contribution in [-0.4, -0.2) is 39.3 Å². The molecule has 1 aromatic heterocycles. The maximum atomic E-state index is 13.6. The second-order valence-corrected chi connectivity index (χ2v) is 12.6. The molecule has 9 heteroatoms. The largest absolute Gasteiger partial charge is 0.478 e. The zero-order valence-electron chi connectivity index (χ0n) is 28.5. The van der Waals surface area contributed by atoms with E-state index < -0.39 is 24.2 Å². The number of unbranched alkanes of at least 4 members (excludes halogenated alkanes) is 13. The van der Waals surface area contributed by atoms with Crippen LogP contribution in [0.4, 0.5) is 13.2 Å². The summed E-state index contributed by atoms with van der Waals surface area (Å²) in [6, 6.07) is 10.5. The van der Waals surface area contributed by atoms with Crippen LogP contribution in [0.5, 0.6) is 0 Å².